The van der Waals surface area contributed by atoms with E-state index in [1.54, 1.807) is 7.05 Å². The Bertz CT molecular complexity index is 472. The molecule has 0 aromatic carbocycles. The highest BCUT2D eigenvalue weighted by molar-refractivity contribution is 7.71. The van der Waals surface area contributed by atoms with Gasteiger partial charge in [-0.25, -0.2) is 0 Å². The molecule has 70 valence electrons. The monoisotopic (exact) mass is 199 g/mol. The van der Waals surface area contributed by atoms with Gasteiger partial charge in [0.15, 0.2) is 11.1 Å². The average Bonchev–Trinajstić information content (AvgIpc) is 2.13. The van der Waals surface area contributed by atoms with Crippen LogP contribution >= 0.6 is 12.2 Å². The number of nitrogens with two attached hydrogens (primary N) is 1. The van der Waals surface area contributed by atoms with Crippen LogP contribution < -0.4 is 11.3 Å². The topological polar surface area (TPSA) is 70.0 Å². The lowest BCUT2D eigenvalue weighted by Crippen LogP contribution is -2.27. The van der Waals surface area contributed by atoms with Gasteiger partial charge in [0.2, 0.25) is 0 Å². The van der Waals surface area contributed by atoms with Crippen LogP contribution in [0.1, 0.15) is 10.4 Å². The van der Waals surface area contributed by atoms with Gasteiger partial charge in [0.1, 0.15) is 11.4 Å². The molecular formula is C7H9N3O2S. The van der Waals surface area contributed by atoms with E-state index in [-0.39, 0.29) is 16.2 Å². The van der Waals surface area contributed by atoms with Gasteiger partial charge in [0, 0.05) is 14.1 Å². The van der Waals surface area contributed by atoms with Crippen molar-refractivity contribution in [2.24, 2.45) is 14.1 Å². The van der Waals surface area contributed by atoms with Gasteiger partial charge in [-0.3, -0.25) is 14.2 Å². The second kappa shape index (κ2) is 3.14. The normalized spacial score (nSPS) is 10.0. The molecule has 0 aliphatic heterocycles. The van der Waals surface area contributed by atoms with Crippen molar-refractivity contribution in [1.82, 2.24) is 9.13 Å². The Morgan fingerprint density at radius 1 is 1.38 bits per heavy atom. The molecule has 5 nitrogen and oxygen atoms in total. The van der Waals surface area contributed by atoms with Crippen LogP contribution in [0.3, 0.4) is 0 Å². The van der Waals surface area contributed by atoms with E-state index in [1.165, 1.54) is 16.2 Å². The maximum absolute atomic E-state index is 11.4. The molecule has 0 amide bonds. The molecule has 0 bridgehead atoms. The minimum Gasteiger partial charge on any atom is -0.384 e. The van der Waals surface area contributed by atoms with E-state index < -0.39 is 5.56 Å². The summed E-state index contributed by atoms with van der Waals surface area (Å²) in [5.41, 5.74) is 5.00. The van der Waals surface area contributed by atoms with Crippen molar-refractivity contribution in [3.63, 3.8) is 0 Å². The van der Waals surface area contributed by atoms with Crippen LogP contribution in [0.25, 0.3) is 0 Å². The average molecular weight is 199 g/mol. The SMILES string of the molecule is Cn1c(N)c(C=O)c(=O)n(C)c1=S. The van der Waals surface area contributed by atoms with Crippen molar-refractivity contribution < 1.29 is 4.79 Å². The van der Waals surface area contributed by atoms with Crippen LogP contribution in [0.4, 0.5) is 5.82 Å². The number of nitrogens with zero attached hydrogens (tertiary/aromatic N) is 2. The molecule has 0 aliphatic rings. The van der Waals surface area contributed by atoms with Gasteiger partial charge >= 0.3 is 0 Å². The zero-order valence-corrected chi connectivity index (χ0v) is 8.09. The maximum Gasteiger partial charge on any atom is 0.266 e. The fourth-order valence-electron chi connectivity index (χ4n) is 0.997. The van der Waals surface area contributed by atoms with Gasteiger partial charge < -0.3 is 10.3 Å². The molecular weight excluding hydrogens is 190 g/mol. The van der Waals surface area contributed by atoms with E-state index in [1.807, 2.05) is 0 Å². The Morgan fingerprint density at radius 3 is 2.38 bits per heavy atom. The van der Waals surface area contributed by atoms with Gasteiger partial charge in [-0.1, -0.05) is 0 Å². The van der Waals surface area contributed by atoms with Crippen molar-refractivity contribution in [1.29, 1.82) is 0 Å². The van der Waals surface area contributed by atoms with E-state index >= 15 is 0 Å². The van der Waals surface area contributed by atoms with Crippen LogP contribution in [0, 0.1) is 4.77 Å². The van der Waals surface area contributed by atoms with Gasteiger partial charge in [-0.2, -0.15) is 0 Å². The zero-order chi connectivity index (χ0) is 10.2. The van der Waals surface area contributed by atoms with E-state index in [4.69, 9.17) is 18.0 Å². The van der Waals surface area contributed by atoms with Gasteiger partial charge in [-0.15, -0.1) is 0 Å². The molecule has 13 heavy (non-hydrogen) atoms. The molecule has 1 aromatic rings. The van der Waals surface area contributed by atoms with E-state index in [0.29, 0.717) is 6.29 Å². The molecule has 2 N–H and O–H groups in total. The third-order valence-electron chi connectivity index (χ3n) is 1.86. The molecule has 1 aromatic heterocycles. The number of aldehydes is 1. The van der Waals surface area contributed by atoms with Crippen molar-refractivity contribution in [3.8, 4) is 0 Å². The first-order valence-electron chi connectivity index (χ1n) is 3.51. The summed E-state index contributed by atoms with van der Waals surface area (Å²) in [6.45, 7) is 0. The van der Waals surface area contributed by atoms with E-state index in [2.05, 4.69) is 0 Å². The molecule has 0 saturated heterocycles. The number of aromatic nitrogens is 2. The molecule has 1 rings (SSSR count). The minimum absolute atomic E-state index is 0.0569. The quantitative estimate of drug-likeness (QED) is 0.504. The van der Waals surface area contributed by atoms with Crippen molar-refractivity contribution in [2.75, 3.05) is 5.73 Å². The number of carbonyl (C=O) groups excluding carboxylic acids is 1. The molecule has 0 saturated carbocycles. The minimum atomic E-state index is -0.462. The van der Waals surface area contributed by atoms with E-state index in [9.17, 15) is 9.59 Å². The lowest BCUT2D eigenvalue weighted by Gasteiger charge is -2.08. The highest BCUT2D eigenvalue weighted by atomic mass is 32.1. The fourth-order valence-corrected chi connectivity index (χ4v) is 1.18. The van der Waals surface area contributed by atoms with Crippen LogP contribution in [0.5, 0.6) is 0 Å². The molecule has 6 heteroatoms. The summed E-state index contributed by atoms with van der Waals surface area (Å²) in [5, 5.41) is 0. The highest BCUT2D eigenvalue weighted by Gasteiger charge is 2.09. The molecule has 0 radical (unpaired) electrons. The Balaban J connectivity index is 3.88. The van der Waals surface area contributed by atoms with Crippen LogP contribution in [0.2, 0.25) is 0 Å². The van der Waals surface area contributed by atoms with Gasteiger partial charge in [-0.05, 0) is 12.2 Å². The van der Waals surface area contributed by atoms with Crippen molar-refractivity contribution in [3.05, 3.63) is 20.7 Å². The first-order valence-corrected chi connectivity index (χ1v) is 3.92. The largest absolute Gasteiger partial charge is 0.384 e. The molecule has 0 fully saturated rings. The molecule has 0 spiro atoms. The smallest absolute Gasteiger partial charge is 0.266 e. The summed E-state index contributed by atoms with van der Waals surface area (Å²) in [6.07, 6.45) is 0.437. The van der Waals surface area contributed by atoms with Crippen LogP contribution in [0.15, 0.2) is 4.79 Å². The predicted octanol–water partition coefficient (Wildman–Crippen LogP) is -0.152. The van der Waals surface area contributed by atoms with Gasteiger partial charge in [0.05, 0.1) is 0 Å². The molecule has 1 heterocycles. The summed E-state index contributed by atoms with van der Waals surface area (Å²) in [7, 11) is 3.10. The molecule has 0 atom stereocenters. The summed E-state index contributed by atoms with van der Waals surface area (Å²) >= 11 is 4.91. The summed E-state index contributed by atoms with van der Waals surface area (Å²) < 4.78 is 2.91. The first kappa shape index (κ1) is 9.66. The van der Waals surface area contributed by atoms with Crippen molar-refractivity contribution in [2.45, 2.75) is 0 Å². The summed E-state index contributed by atoms with van der Waals surface area (Å²) in [6, 6.07) is 0. The second-order valence-electron chi connectivity index (χ2n) is 2.62. The van der Waals surface area contributed by atoms with Crippen molar-refractivity contribution >= 4 is 24.3 Å². The first-order chi connectivity index (χ1) is 6.00. The standard InChI is InChI=1S/C7H9N3O2S/c1-9-5(8)4(3-11)6(12)10(2)7(9)13/h3H,8H2,1-2H3. The fraction of sp³-hybridized carbons (Fsp3) is 0.286. The Morgan fingerprint density at radius 2 is 1.92 bits per heavy atom. The van der Waals surface area contributed by atoms with E-state index in [0.717, 1.165) is 0 Å². The molecule has 0 unspecified atom stereocenters. The second-order valence-corrected chi connectivity index (χ2v) is 2.99. The number of rotatable bonds is 1. The molecule has 0 aliphatic carbocycles. The number of nitrogen functional groups attached to an aromatic ring is 1. The van der Waals surface area contributed by atoms with Crippen LogP contribution in [-0.2, 0) is 14.1 Å². The highest BCUT2D eigenvalue weighted by Crippen LogP contribution is 2.02. The summed E-state index contributed by atoms with van der Waals surface area (Å²) in [4.78, 5) is 21.9. The van der Waals surface area contributed by atoms with Crippen LogP contribution in [-0.4, -0.2) is 15.4 Å². The van der Waals surface area contributed by atoms with Gasteiger partial charge in [0.25, 0.3) is 5.56 Å². The third-order valence-corrected chi connectivity index (χ3v) is 2.41. The third kappa shape index (κ3) is 1.29. The number of carbonyl (C=O) groups is 1. The summed E-state index contributed by atoms with van der Waals surface area (Å²) in [5.74, 6) is 0.100. The Labute approximate surface area is 79.4 Å². The number of hydrogen-bond donors (Lipinski definition) is 1. The lowest BCUT2D eigenvalue weighted by atomic mass is 10.3. The Kier molecular flexibility index (Phi) is 2.33. The predicted molar refractivity (Wildman–Crippen MR) is 51.3 cm³/mol. The number of anilines is 1. The maximum atomic E-state index is 11.4. The number of hydrogen-bond acceptors (Lipinski definition) is 4. The Hall–Kier alpha value is -1.43. The zero-order valence-electron chi connectivity index (χ0n) is 7.27. The lowest BCUT2D eigenvalue weighted by molar-refractivity contribution is 0.112.